The summed E-state index contributed by atoms with van der Waals surface area (Å²) in [5.74, 6) is -0.857. The molecule has 73 heavy (non-hydrogen) atoms. The number of hydrogen-bond acceptors (Lipinski definition) is 6. The van der Waals surface area contributed by atoms with E-state index in [1.165, 1.54) is 193 Å². The van der Waals surface area contributed by atoms with Gasteiger partial charge >= 0.3 is 17.9 Å². The van der Waals surface area contributed by atoms with Gasteiger partial charge in [-0.2, -0.15) is 0 Å². The normalized spacial score (nSPS) is 12.4. The lowest BCUT2D eigenvalue weighted by molar-refractivity contribution is -0.167. The second-order valence-electron chi connectivity index (χ2n) is 21.3. The van der Waals surface area contributed by atoms with Gasteiger partial charge in [0.15, 0.2) is 6.10 Å². The molecule has 0 radical (unpaired) electrons. The number of rotatable bonds is 58. The molecule has 0 fully saturated rings. The van der Waals surface area contributed by atoms with Gasteiger partial charge < -0.3 is 14.2 Å². The fourth-order valence-electron chi connectivity index (χ4n) is 9.30. The fourth-order valence-corrected chi connectivity index (χ4v) is 9.30. The molecule has 0 N–H and O–H groups in total. The monoisotopic (exact) mass is 1020 g/mol. The van der Waals surface area contributed by atoms with E-state index in [4.69, 9.17) is 14.2 Å². The summed E-state index contributed by atoms with van der Waals surface area (Å²) in [7, 11) is 0. The first-order chi connectivity index (χ1) is 36.0. The number of ether oxygens (including phenoxy) is 3. The molecule has 424 valence electrons. The van der Waals surface area contributed by atoms with Gasteiger partial charge in [0.2, 0.25) is 0 Å². The number of allylic oxidation sites excluding steroid dienone is 10. The molecule has 6 heteroatoms. The first kappa shape index (κ1) is 70.1. The minimum atomic E-state index is -0.773. The molecule has 0 saturated heterocycles. The van der Waals surface area contributed by atoms with Gasteiger partial charge in [-0.1, -0.05) is 306 Å². The van der Waals surface area contributed by atoms with Crippen molar-refractivity contribution in [2.75, 3.05) is 13.2 Å². The first-order valence-corrected chi connectivity index (χ1v) is 31.8. The van der Waals surface area contributed by atoms with Crippen LogP contribution < -0.4 is 0 Å². The average molecular weight is 1020 g/mol. The van der Waals surface area contributed by atoms with Crippen molar-refractivity contribution >= 4 is 17.9 Å². The van der Waals surface area contributed by atoms with Crippen LogP contribution in [0.4, 0.5) is 0 Å². The molecule has 1 atom stereocenters. The van der Waals surface area contributed by atoms with E-state index < -0.39 is 6.10 Å². The van der Waals surface area contributed by atoms with Crippen molar-refractivity contribution < 1.29 is 28.6 Å². The maximum Gasteiger partial charge on any atom is 0.306 e. The number of carbonyl (C=O) groups is 3. The van der Waals surface area contributed by atoms with Crippen molar-refractivity contribution in [3.8, 4) is 0 Å². The molecular formula is C67H120O6. The second kappa shape index (κ2) is 61.7. The van der Waals surface area contributed by atoms with E-state index >= 15 is 0 Å². The predicted octanol–water partition coefficient (Wildman–Crippen LogP) is 21.6. The largest absolute Gasteiger partial charge is 0.462 e. The number of carbonyl (C=O) groups excluding carboxylic acids is 3. The Balaban J connectivity index is 4.28. The molecular weight excluding hydrogens is 901 g/mol. The molecule has 0 aromatic carbocycles. The molecule has 0 spiro atoms. The van der Waals surface area contributed by atoms with Crippen LogP contribution >= 0.6 is 0 Å². The lowest BCUT2D eigenvalue weighted by Gasteiger charge is -2.18. The van der Waals surface area contributed by atoms with Crippen molar-refractivity contribution in [3.63, 3.8) is 0 Å². The zero-order valence-corrected chi connectivity index (χ0v) is 48.7. The van der Waals surface area contributed by atoms with Crippen LogP contribution in [-0.2, 0) is 28.6 Å². The average Bonchev–Trinajstić information content (AvgIpc) is 3.39. The maximum absolute atomic E-state index is 12.9. The zero-order chi connectivity index (χ0) is 52.9. The van der Waals surface area contributed by atoms with Gasteiger partial charge in [0, 0.05) is 19.3 Å². The summed E-state index contributed by atoms with van der Waals surface area (Å²) in [5.41, 5.74) is 0. The van der Waals surface area contributed by atoms with Gasteiger partial charge in [0.25, 0.3) is 0 Å². The van der Waals surface area contributed by atoms with E-state index in [0.29, 0.717) is 19.3 Å². The van der Waals surface area contributed by atoms with Crippen molar-refractivity contribution in [1.82, 2.24) is 0 Å². The third kappa shape index (κ3) is 59.9. The highest BCUT2D eigenvalue weighted by molar-refractivity contribution is 5.71. The van der Waals surface area contributed by atoms with Crippen molar-refractivity contribution in [2.24, 2.45) is 0 Å². The zero-order valence-electron chi connectivity index (χ0n) is 48.7. The Morgan fingerprint density at radius 2 is 0.534 bits per heavy atom. The minimum absolute atomic E-state index is 0.0708. The van der Waals surface area contributed by atoms with Crippen LogP contribution in [0.2, 0.25) is 0 Å². The molecule has 0 aromatic rings. The minimum Gasteiger partial charge on any atom is -0.462 e. The van der Waals surface area contributed by atoms with Crippen molar-refractivity contribution in [3.05, 3.63) is 60.8 Å². The first-order valence-electron chi connectivity index (χ1n) is 31.8. The maximum atomic E-state index is 12.9. The molecule has 0 aliphatic heterocycles. The molecule has 0 heterocycles. The van der Waals surface area contributed by atoms with Crippen molar-refractivity contribution in [2.45, 2.75) is 335 Å². The van der Waals surface area contributed by atoms with E-state index in [9.17, 15) is 14.4 Å². The van der Waals surface area contributed by atoms with Gasteiger partial charge in [0.05, 0.1) is 0 Å². The van der Waals surface area contributed by atoms with E-state index in [1.807, 2.05) is 0 Å². The Labute approximate surface area is 453 Å². The summed E-state index contributed by atoms with van der Waals surface area (Å²) in [6, 6.07) is 0. The third-order valence-corrected chi connectivity index (χ3v) is 14.0. The van der Waals surface area contributed by atoms with Gasteiger partial charge in [-0.25, -0.2) is 0 Å². The second-order valence-corrected chi connectivity index (χ2v) is 21.3. The highest BCUT2D eigenvalue weighted by atomic mass is 16.6. The topological polar surface area (TPSA) is 78.9 Å². The van der Waals surface area contributed by atoms with Crippen LogP contribution in [0.1, 0.15) is 329 Å². The van der Waals surface area contributed by atoms with Gasteiger partial charge in [-0.3, -0.25) is 14.4 Å². The molecule has 0 aromatic heterocycles. The van der Waals surface area contributed by atoms with Crippen LogP contribution in [0.25, 0.3) is 0 Å². The summed E-state index contributed by atoms with van der Waals surface area (Å²) in [6.45, 7) is 6.57. The molecule has 0 amide bonds. The molecule has 6 nitrogen and oxygen atoms in total. The summed E-state index contributed by atoms with van der Waals surface area (Å²) in [6.07, 6.45) is 77.9. The Kier molecular flexibility index (Phi) is 59.2. The lowest BCUT2D eigenvalue weighted by Crippen LogP contribution is -2.30. The van der Waals surface area contributed by atoms with Crippen LogP contribution in [-0.4, -0.2) is 37.2 Å². The highest BCUT2D eigenvalue weighted by Crippen LogP contribution is 2.17. The molecule has 1 unspecified atom stereocenters. The highest BCUT2D eigenvalue weighted by Gasteiger charge is 2.19. The van der Waals surface area contributed by atoms with E-state index in [-0.39, 0.29) is 31.1 Å². The van der Waals surface area contributed by atoms with Gasteiger partial charge in [-0.15, -0.1) is 0 Å². The summed E-state index contributed by atoms with van der Waals surface area (Å²) in [4.78, 5) is 38.3. The van der Waals surface area contributed by atoms with Crippen LogP contribution in [0.3, 0.4) is 0 Å². The molecule has 0 rings (SSSR count). The molecule has 0 aliphatic rings. The van der Waals surface area contributed by atoms with E-state index in [2.05, 4.69) is 81.5 Å². The fraction of sp³-hybridized carbons (Fsp3) is 0.806. The summed E-state index contributed by atoms with van der Waals surface area (Å²) >= 11 is 0. The standard InChI is InChI=1S/C67H120O6/c1-4-7-10-13-16-19-22-25-27-29-31-32-33-34-35-36-37-39-40-42-45-48-51-54-57-60-66(69)72-63-64(62-71-65(68)59-56-53-50-47-44-24-21-18-15-12-9-6-3)73-67(70)61-58-55-52-49-46-43-41-38-30-28-26-23-20-17-14-11-8-5-2/h7,10,16,19,25,27,31-32,34-35,64H,4-6,8-9,11-15,17-18,20-24,26,28-30,33,36-63H2,1-3H3/b10-7-,19-16-,27-25-,32-31-,35-34-. The van der Waals surface area contributed by atoms with Gasteiger partial charge in [0.1, 0.15) is 13.2 Å². The number of esters is 3. The summed E-state index contributed by atoms with van der Waals surface area (Å²) < 4.78 is 16.9. The van der Waals surface area contributed by atoms with Crippen molar-refractivity contribution in [1.29, 1.82) is 0 Å². The Morgan fingerprint density at radius 1 is 0.288 bits per heavy atom. The quantitative estimate of drug-likeness (QED) is 0.0261. The Morgan fingerprint density at radius 3 is 0.836 bits per heavy atom. The number of unbranched alkanes of at least 4 members (excludes halogenated alkanes) is 37. The SMILES string of the molecule is CC/C=C\C/C=C\C/C=C\C/C=C\C/C=C\CCCCCCCCCCCC(=O)OCC(COC(=O)CCCCCCCCCCCCCC)OC(=O)CCCCCCCCCCCCCCCCCCCC. The Bertz CT molecular complexity index is 1310. The smallest absolute Gasteiger partial charge is 0.306 e. The van der Waals surface area contributed by atoms with Gasteiger partial charge in [-0.05, 0) is 64.2 Å². The van der Waals surface area contributed by atoms with Crippen LogP contribution in [0, 0.1) is 0 Å². The lowest BCUT2D eigenvalue weighted by atomic mass is 10.0. The Hall–Kier alpha value is -2.89. The summed E-state index contributed by atoms with van der Waals surface area (Å²) in [5, 5.41) is 0. The number of hydrogen-bond donors (Lipinski definition) is 0. The molecule has 0 saturated carbocycles. The van der Waals surface area contributed by atoms with E-state index in [1.54, 1.807) is 0 Å². The molecule has 0 aliphatic carbocycles. The third-order valence-electron chi connectivity index (χ3n) is 14.0. The predicted molar refractivity (Wildman–Crippen MR) is 316 cm³/mol. The van der Waals surface area contributed by atoms with Crippen LogP contribution in [0.5, 0.6) is 0 Å². The molecule has 0 bridgehead atoms. The van der Waals surface area contributed by atoms with E-state index in [0.717, 1.165) is 96.3 Å². The van der Waals surface area contributed by atoms with Crippen LogP contribution in [0.15, 0.2) is 60.8 Å².